The highest BCUT2D eigenvalue weighted by atomic mass is 35.5. The molecule has 1 amide bonds. The molecule has 3 rings (SSSR count). The molecular weight excluding hydrogens is 315 g/mol. The molecule has 2 atom stereocenters. The third-order valence-electron chi connectivity index (χ3n) is 4.21. The van der Waals surface area contributed by atoms with Crippen LogP contribution in [-0.2, 0) is 0 Å². The van der Waals surface area contributed by atoms with Gasteiger partial charge >= 0.3 is 0 Å². The van der Waals surface area contributed by atoms with Gasteiger partial charge in [-0.3, -0.25) is 4.79 Å². The van der Waals surface area contributed by atoms with Gasteiger partial charge in [0.15, 0.2) is 0 Å². The first-order valence-electron chi connectivity index (χ1n) is 7.65. The van der Waals surface area contributed by atoms with Crippen LogP contribution in [0.4, 0.5) is 4.39 Å². The SMILES string of the molecule is N[C@@H]1CC[C@H](NC(=O)c2ccc(-c3ccc(F)c(Cl)c3)cc2)C1. The molecule has 3 nitrogen and oxygen atoms in total. The van der Waals surface area contributed by atoms with E-state index in [0.717, 1.165) is 30.4 Å². The van der Waals surface area contributed by atoms with Gasteiger partial charge in [-0.1, -0.05) is 29.8 Å². The minimum atomic E-state index is -0.443. The number of hydrogen-bond acceptors (Lipinski definition) is 2. The molecule has 0 aliphatic heterocycles. The molecule has 2 aromatic rings. The third kappa shape index (κ3) is 3.71. The molecule has 1 aliphatic carbocycles. The number of halogens is 2. The summed E-state index contributed by atoms with van der Waals surface area (Å²) in [7, 11) is 0. The predicted molar refractivity (Wildman–Crippen MR) is 89.9 cm³/mol. The van der Waals surface area contributed by atoms with Crippen LogP contribution in [0, 0.1) is 5.82 Å². The zero-order valence-corrected chi connectivity index (χ0v) is 13.3. The molecule has 0 unspecified atom stereocenters. The van der Waals surface area contributed by atoms with Crippen LogP contribution in [0.25, 0.3) is 11.1 Å². The fraction of sp³-hybridized carbons (Fsp3) is 0.278. The Morgan fingerprint density at radius 1 is 1.13 bits per heavy atom. The Bertz CT molecular complexity index is 717. The topological polar surface area (TPSA) is 55.1 Å². The van der Waals surface area contributed by atoms with Crippen LogP contribution >= 0.6 is 11.6 Å². The fourth-order valence-corrected chi connectivity index (χ4v) is 3.09. The zero-order chi connectivity index (χ0) is 16.4. The van der Waals surface area contributed by atoms with Crippen molar-refractivity contribution in [1.82, 2.24) is 5.32 Å². The molecule has 1 aliphatic rings. The Balaban J connectivity index is 1.71. The van der Waals surface area contributed by atoms with Gasteiger partial charge in [-0.2, -0.15) is 0 Å². The van der Waals surface area contributed by atoms with Gasteiger partial charge in [0.25, 0.3) is 5.91 Å². The molecule has 0 saturated heterocycles. The second kappa shape index (κ2) is 6.69. The van der Waals surface area contributed by atoms with Crippen molar-refractivity contribution >= 4 is 17.5 Å². The summed E-state index contributed by atoms with van der Waals surface area (Å²) in [5.41, 5.74) is 8.15. The van der Waals surface area contributed by atoms with Crippen LogP contribution in [-0.4, -0.2) is 18.0 Å². The summed E-state index contributed by atoms with van der Waals surface area (Å²) in [5, 5.41) is 3.10. The first kappa shape index (κ1) is 16.0. The summed E-state index contributed by atoms with van der Waals surface area (Å²) < 4.78 is 13.2. The van der Waals surface area contributed by atoms with Gasteiger partial charge in [0.1, 0.15) is 5.82 Å². The number of hydrogen-bond donors (Lipinski definition) is 2. The summed E-state index contributed by atoms with van der Waals surface area (Å²) in [4.78, 5) is 12.2. The summed E-state index contributed by atoms with van der Waals surface area (Å²) in [6, 6.07) is 12.1. The molecule has 0 spiro atoms. The van der Waals surface area contributed by atoms with Crippen LogP contribution in [0.15, 0.2) is 42.5 Å². The summed E-state index contributed by atoms with van der Waals surface area (Å²) in [5.74, 6) is -0.533. The summed E-state index contributed by atoms with van der Waals surface area (Å²) >= 11 is 5.80. The quantitative estimate of drug-likeness (QED) is 0.899. The lowest BCUT2D eigenvalue weighted by molar-refractivity contribution is 0.0937. The number of benzene rings is 2. The number of carbonyl (C=O) groups is 1. The smallest absolute Gasteiger partial charge is 0.251 e. The van der Waals surface area contributed by atoms with Crippen molar-refractivity contribution in [3.8, 4) is 11.1 Å². The zero-order valence-electron chi connectivity index (χ0n) is 12.6. The predicted octanol–water partition coefficient (Wildman–Crippen LogP) is 3.76. The van der Waals surface area contributed by atoms with Crippen molar-refractivity contribution in [2.75, 3.05) is 0 Å². The second-order valence-corrected chi connectivity index (χ2v) is 6.36. The highest BCUT2D eigenvalue weighted by Crippen LogP contribution is 2.25. The van der Waals surface area contributed by atoms with Crippen LogP contribution < -0.4 is 11.1 Å². The fourth-order valence-electron chi connectivity index (χ4n) is 2.91. The van der Waals surface area contributed by atoms with Gasteiger partial charge in [0.05, 0.1) is 5.02 Å². The minimum absolute atomic E-state index is 0.0851. The Hall–Kier alpha value is -1.91. The second-order valence-electron chi connectivity index (χ2n) is 5.95. The maximum Gasteiger partial charge on any atom is 0.251 e. The molecule has 1 fully saturated rings. The lowest BCUT2D eigenvalue weighted by Crippen LogP contribution is -2.33. The van der Waals surface area contributed by atoms with E-state index in [1.807, 2.05) is 12.1 Å². The van der Waals surface area contributed by atoms with Crippen molar-refractivity contribution in [3.05, 3.63) is 58.9 Å². The Kier molecular flexibility index (Phi) is 4.64. The van der Waals surface area contributed by atoms with Crippen LogP contribution in [0.1, 0.15) is 29.6 Å². The molecule has 23 heavy (non-hydrogen) atoms. The lowest BCUT2D eigenvalue weighted by Gasteiger charge is -2.12. The molecule has 0 aromatic heterocycles. The molecule has 1 saturated carbocycles. The molecule has 3 N–H and O–H groups in total. The van der Waals surface area contributed by atoms with Crippen molar-refractivity contribution in [1.29, 1.82) is 0 Å². The molecule has 2 aromatic carbocycles. The van der Waals surface area contributed by atoms with Crippen LogP contribution in [0.5, 0.6) is 0 Å². The normalized spacial score (nSPS) is 20.5. The van der Waals surface area contributed by atoms with Crippen LogP contribution in [0.2, 0.25) is 5.02 Å². The van der Waals surface area contributed by atoms with Crippen molar-refractivity contribution < 1.29 is 9.18 Å². The monoisotopic (exact) mass is 332 g/mol. The minimum Gasteiger partial charge on any atom is -0.349 e. The summed E-state index contributed by atoms with van der Waals surface area (Å²) in [6.45, 7) is 0. The molecule has 5 heteroatoms. The van der Waals surface area contributed by atoms with Crippen molar-refractivity contribution in [2.24, 2.45) is 5.73 Å². The van der Waals surface area contributed by atoms with E-state index in [2.05, 4.69) is 5.32 Å². The van der Waals surface area contributed by atoms with E-state index in [1.54, 1.807) is 24.3 Å². The Labute approximate surface area is 139 Å². The number of rotatable bonds is 3. The molecule has 0 bridgehead atoms. The molecule has 0 radical (unpaired) electrons. The number of amides is 1. The largest absolute Gasteiger partial charge is 0.349 e. The number of nitrogens with one attached hydrogen (secondary N) is 1. The lowest BCUT2D eigenvalue weighted by atomic mass is 10.0. The van der Waals surface area contributed by atoms with E-state index < -0.39 is 5.82 Å². The van der Waals surface area contributed by atoms with Gasteiger partial charge in [-0.05, 0) is 54.7 Å². The molecule has 0 heterocycles. The van der Waals surface area contributed by atoms with Gasteiger partial charge in [-0.15, -0.1) is 0 Å². The van der Waals surface area contributed by atoms with Gasteiger partial charge < -0.3 is 11.1 Å². The standard InChI is InChI=1S/C18H18ClFN2O/c19-16-9-13(5-8-17(16)20)11-1-3-12(4-2-11)18(23)22-15-7-6-14(21)10-15/h1-5,8-9,14-15H,6-7,10,21H2,(H,22,23)/t14-,15+/m1/s1. The Morgan fingerprint density at radius 2 is 1.83 bits per heavy atom. The van der Waals surface area contributed by atoms with Crippen molar-refractivity contribution in [2.45, 2.75) is 31.3 Å². The van der Waals surface area contributed by atoms with E-state index in [0.29, 0.717) is 5.56 Å². The van der Waals surface area contributed by atoms with E-state index >= 15 is 0 Å². The molecule has 120 valence electrons. The molecular formula is C18H18ClFN2O. The average molecular weight is 333 g/mol. The van der Waals surface area contributed by atoms with E-state index in [1.165, 1.54) is 6.07 Å². The van der Waals surface area contributed by atoms with Crippen LogP contribution in [0.3, 0.4) is 0 Å². The maximum atomic E-state index is 13.2. The van der Waals surface area contributed by atoms with E-state index in [9.17, 15) is 9.18 Å². The summed E-state index contributed by atoms with van der Waals surface area (Å²) in [6.07, 6.45) is 2.71. The van der Waals surface area contributed by atoms with E-state index in [-0.39, 0.29) is 23.0 Å². The third-order valence-corrected chi connectivity index (χ3v) is 4.50. The number of nitrogens with two attached hydrogens (primary N) is 1. The highest BCUT2D eigenvalue weighted by Gasteiger charge is 2.23. The first-order chi connectivity index (χ1) is 11.0. The maximum absolute atomic E-state index is 13.2. The number of carbonyl (C=O) groups excluding carboxylic acids is 1. The first-order valence-corrected chi connectivity index (χ1v) is 8.02. The average Bonchev–Trinajstić information content (AvgIpc) is 2.95. The van der Waals surface area contributed by atoms with E-state index in [4.69, 9.17) is 17.3 Å². The highest BCUT2D eigenvalue weighted by molar-refractivity contribution is 6.31. The van der Waals surface area contributed by atoms with Gasteiger partial charge in [0, 0.05) is 17.6 Å². The van der Waals surface area contributed by atoms with Crippen molar-refractivity contribution in [3.63, 3.8) is 0 Å². The van der Waals surface area contributed by atoms with Gasteiger partial charge in [-0.25, -0.2) is 4.39 Å². The van der Waals surface area contributed by atoms with Gasteiger partial charge in [0.2, 0.25) is 0 Å². The Morgan fingerprint density at radius 3 is 2.43 bits per heavy atom.